The van der Waals surface area contributed by atoms with Gasteiger partial charge in [-0.1, -0.05) is 23.8 Å². The van der Waals surface area contributed by atoms with Crippen molar-refractivity contribution >= 4 is 38.1 Å². The van der Waals surface area contributed by atoms with Crippen LogP contribution in [-0.2, 0) is 26.1 Å². The molecule has 4 rings (SSSR count). The summed E-state index contributed by atoms with van der Waals surface area (Å²) < 4.78 is 37.6. The third-order valence-corrected chi connectivity index (χ3v) is 7.58. The molecule has 1 aliphatic rings. The predicted octanol–water partition coefficient (Wildman–Crippen LogP) is 3.57. The smallest absolute Gasteiger partial charge is 0.338 e. The van der Waals surface area contributed by atoms with Gasteiger partial charge in [0, 0.05) is 24.2 Å². The fraction of sp³-hybridized carbons (Fsp3) is 0.273. The molecule has 168 valence electrons. The van der Waals surface area contributed by atoms with Crippen molar-refractivity contribution in [3.8, 4) is 0 Å². The Morgan fingerprint density at radius 1 is 1.19 bits per heavy atom. The molecular weight excluding hydrogens is 450 g/mol. The fourth-order valence-electron chi connectivity index (χ4n) is 3.13. The van der Waals surface area contributed by atoms with Crippen LogP contribution >= 0.6 is 11.3 Å². The van der Waals surface area contributed by atoms with Gasteiger partial charge in [0.1, 0.15) is 6.61 Å². The molecule has 0 radical (unpaired) electrons. The van der Waals surface area contributed by atoms with E-state index in [9.17, 15) is 13.2 Å². The Hall–Kier alpha value is -2.79. The highest BCUT2D eigenvalue weighted by Gasteiger charge is 2.27. The van der Waals surface area contributed by atoms with Gasteiger partial charge in [-0.25, -0.2) is 18.2 Å². The predicted molar refractivity (Wildman–Crippen MR) is 122 cm³/mol. The zero-order valence-corrected chi connectivity index (χ0v) is 19.1. The van der Waals surface area contributed by atoms with E-state index in [0.29, 0.717) is 37.1 Å². The summed E-state index contributed by atoms with van der Waals surface area (Å²) in [7, 11) is -3.69. The van der Waals surface area contributed by atoms with Crippen LogP contribution < -0.4 is 5.32 Å². The third-order valence-electron chi connectivity index (χ3n) is 4.88. The lowest BCUT2D eigenvalue weighted by molar-refractivity contribution is 0.0468. The molecule has 2 aromatic carbocycles. The summed E-state index contributed by atoms with van der Waals surface area (Å²) in [4.78, 5) is 17.0. The van der Waals surface area contributed by atoms with Crippen molar-refractivity contribution < 1.29 is 22.7 Å². The highest BCUT2D eigenvalue weighted by molar-refractivity contribution is 7.89. The molecule has 10 heteroatoms. The Morgan fingerprint density at radius 2 is 1.94 bits per heavy atom. The molecule has 32 heavy (non-hydrogen) atoms. The van der Waals surface area contributed by atoms with Gasteiger partial charge in [-0.3, -0.25) is 0 Å². The van der Waals surface area contributed by atoms with E-state index in [1.165, 1.54) is 45.5 Å². The van der Waals surface area contributed by atoms with Gasteiger partial charge in [-0.2, -0.15) is 4.31 Å². The van der Waals surface area contributed by atoms with Gasteiger partial charge in [0.15, 0.2) is 5.13 Å². The van der Waals surface area contributed by atoms with Gasteiger partial charge in [0.25, 0.3) is 0 Å². The minimum atomic E-state index is -3.69. The van der Waals surface area contributed by atoms with Gasteiger partial charge < -0.3 is 14.8 Å². The van der Waals surface area contributed by atoms with Crippen LogP contribution in [0.1, 0.15) is 21.6 Å². The zero-order valence-electron chi connectivity index (χ0n) is 17.5. The molecule has 0 amide bonds. The zero-order chi connectivity index (χ0) is 22.6. The number of ether oxygens (including phenoxy) is 2. The lowest BCUT2D eigenvalue weighted by Crippen LogP contribution is -2.40. The van der Waals surface area contributed by atoms with E-state index in [2.05, 4.69) is 10.3 Å². The second-order valence-electron chi connectivity index (χ2n) is 7.26. The quantitative estimate of drug-likeness (QED) is 0.524. The van der Waals surface area contributed by atoms with Crippen LogP contribution in [0.15, 0.2) is 58.8 Å². The Bertz CT molecular complexity index is 1190. The number of nitrogens with zero attached hydrogens (tertiary/aromatic N) is 2. The number of aromatic nitrogens is 1. The number of thiazole rings is 1. The van der Waals surface area contributed by atoms with Gasteiger partial charge in [0.05, 0.1) is 29.4 Å². The molecule has 0 atom stereocenters. The van der Waals surface area contributed by atoms with Crippen molar-refractivity contribution in [2.75, 3.05) is 31.6 Å². The first-order valence-electron chi connectivity index (χ1n) is 10.0. The first kappa shape index (κ1) is 22.4. The van der Waals surface area contributed by atoms with Gasteiger partial charge >= 0.3 is 5.97 Å². The molecule has 2 heterocycles. The summed E-state index contributed by atoms with van der Waals surface area (Å²) in [5, 5.41) is 5.71. The van der Waals surface area contributed by atoms with Crippen molar-refractivity contribution in [3.05, 3.63) is 70.7 Å². The van der Waals surface area contributed by atoms with E-state index in [1.54, 1.807) is 0 Å². The monoisotopic (exact) mass is 473 g/mol. The highest BCUT2D eigenvalue weighted by Crippen LogP contribution is 2.22. The number of aryl methyl sites for hydroxylation is 1. The minimum Gasteiger partial charge on any atom is -0.456 e. The summed E-state index contributed by atoms with van der Waals surface area (Å²) in [5.74, 6) is -0.606. The molecule has 0 spiro atoms. The van der Waals surface area contributed by atoms with Crippen molar-refractivity contribution in [2.24, 2.45) is 0 Å². The standard InChI is InChI=1S/C22H23N3O5S2/c1-16-5-7-18(8-6-16)23-22-24-19(15-31-22)14-30-21(26)17-3-2-4-20(13-17)32(27,28)25-9-11-29-12-10-25/h2-8,13,15H,9-12,14H2,1H3,(H,23,24). The molecule has 1 fully saturated rings. The van der Waals surface area contributed by atoms with E-state index < -0.39 is 16.0 Å². The second kappa shape index (κ2) is 9.78. The summed E-state index contributed by atoms with van der Waals surface area (Å²) >= 11 is 1.41. The van der Waals surface area contributed by atoms with E-state index in [4.69, 9.17) is 9.47 Å². The van der Waals surface area contributed by atoms with Crippen LogP contribution in [0.3, 0.4) is 0 Å². The average Bonchev–Trinajstić information content (AvgIpc) is 3.27. The number of nitrogens with one attached hydrogen (secondary N) is 1. The van der Waals surface area contributed by atoms with Crippen LogP contribution in [0.4, 0.5) is 10.8 Å². The van der Waals surface area contributed by atoms with Crippen LogP contribution in [-0.4, -0.2) is 50.0 Å². The molecule has 0 aliphatic carbocycles. The summed E-state index contributed by atoms with van der Waals surface area (Å²) in [5.41, 5.74) is 2.87. The van der Waals surface area contributed by atoms with E-state index in [0.717, 1.165) is 5.69 Å². The molecule has 0 bridgehead atoms. The van der Waals surface area contributed by atoms with E-state index in [-0.39, 0.29) is 17.1 Å². The third kappa shape index (κ3) is 5.33. The van der Waals surface area contributed by atoms with Crippen molar-refractivity contribution in [1.82, 2.24) is 9.29 Å². The number of carbonyl (C=O) groups is 1. The Morgan fingerprint density at radius 3 is 2.69 bits per heavy atom. The molecule has 0 saturated carbocycles. The maximum atomic E-state index is 12.8. The number of sulfonamides is 1. The maximum Gasteiger partial charge on any atom is 0.338 e. The first-order chi connectivity index (χ1) is 15.4. The Labute approximate surface area is 190 Å². The Kier molecular flexibility index (Phi) is 6.85. The summed E-state index contributed by atoms with van der Waals surface area (Å²) in [6.07, 6.45) is 0. The van der Waals surface area contributed by atoms with Gasteiger partial charge in [-0.15, -0.1) is 11.3 Å². The van der Waals surface area contributed by atoms with Crippen LogP contribution in [0, 0.1) is 6.92 Å². The molecule has 1 N–H and O–H groups in total. The molecule has 3 aromatic rings. The largest absolute Gasteiger partial charge is 0.456 e. The van der Waals surface area contributed by atoms with Crippen molar-refractivity contribution in [2.45, 2.75) is 18.4 Å². The normalized spacial score (nSPS) is 14.8. The van der Waals surface area contributed by atoms with Crippen LogP contribution in [0.25, 0.3) is 0 Å². The van der Waals surface area contributed by atoms with Crippen molar-refractivity contribution in [1.29, 1.82) is 0 Å². The lowest BCUT2D eigenvalue weighted by Gasteiger charge is -2.26. The average molecular weight is 474 g/mol. The van der Waals surface area contributed by atoms with Gasteiger partial charge in [-0.05, 0) is 37.3 Å². The summed E-state index contributed by atoms with van der Waals surface area (Å²) in [6, 6.07) is 13.8. The summed E-state index contributed by atoms with van der Waals surface area (Å²) in [6.45, 7) is 3.31. The number of rotatable bonds is 7. The molecule has 1 aromatic heterocycles. The minimum absolute atomic E-state index is 0.00858. The first-order valence-corrected chi connectivity index (χ1v) is 12.4. The second-order valence-corrected chi connectivity index (χ2v) is 10.1. The Balaban J connectivity index is 1.38. The number of hydrogen-bond donors (Lipinski definition) is 1. The van der Waals surface area contributed by atoms with Crippen molar-refractivity contribution in [3.63, 3.8) is 0 Å². The number of esters is 1. The highest BCUT2D eigenvalue weighted by atomic mass is 32.2. The number of anilines is 2. The van der Waals surface area contributed by atoms with Crippen LogP contribution in [0.5, 0.6) is 0 Å². The number of carbonyl (C=O) groups excluding carboxylic acids is 1. The maximum absolute atomic E-state index is 12.8. The fourth-order valence-corrected chi connectivity index (χ4v) is 5.30. The van der Waals surface area contributed by atoms with E-state index in [1.807, 2.05) is 36.6 Å². The topological polar surface area (TPSA) is 97.8 Å². The number of hydrogen-bond acceptors (Lipinski definition) is 8. The molecular formula is C22H23N3O5S2. The molecule has 1 saturated heterocycles. The van der Waals surface area contributed by atoms with E-state index >= 15 is 0 Å². The molecule has 0 unspecified atom stereocenters. The number of morpholine rings is 1. The van der Waals surface area contributed by atoms with Gasteiger partial charge in [0.2, 0.25) is 10.0 Å². The molecule has 8 nitrogen and oxygen atoms in total. The number of benzene rings is 2. The lowest BCUT2D eigenvalue weighted by atomic mass is 10.2. The molecule has 1 aliphatic heterocycles. The SMILES string of the molecule is Cc1ccc(Nc2nc(COC(=O)c3cccc(S(=O)(=O)N4CCOCC4)c3)cs2)cc1. The van der Waals surface area contributed by atoms with Crippen LogP contribution in [0.2, 0.25) is 0 Å².